The number of alkyl halides is 3. The van der Waals surface area contributed by atoms with Crippen molar-refractivity contribution in [1.29, 1.82) is 0 Å². The van der Waals surface area contributed by atoms with Crippen LogP contribution in [0, 0.1) is 0 Å². The van der Waals surface area contributed by atoms with Gasteiger partial charge in [-0.3, -0.25) is 4.18 Å². The summed E-state index contributed by atoms with van der Waals surface area (Å²) in [5.41, 5.74) is 0. The van der Waals surface area contributed by atoms with Crippen LogP contribution < -0.4 is 0 Å². The molecule has 0 radical (unpaired) electrons. The van der Waals surface area contributed by atoms with E-state index in [2.05, 4.69) is 4.18 Å². The van der Waals surface area contributed by atoms with Gasteiger partial charge in [-0.25, -0.2) is 0 Å². The Hall–Kier alpha value is -0.340. The standard InChI is InChI=1S/C9H16F3NO3S/c10-9(11,12)8-17(14,15)16-7-6-13-4-2-1-3-5-13/h1-8H2. The Balaban J connectivity index is 2.25. The maximum Gasteiger partial charge on any atom is 0.405 e. The summed E-state index contributed by atoms with van der Waals surface area (Å²) in [4.78, 5) is 1.99. The molecule has 1 rings (SSSR count). The molecule has 0 amide bonds. The average Bonchev–Trinajstić information content (AvgIpc) is 2.15. The second-order valence-electron chi connectivity index (χ2n) is 4.04. The monoisotopic (exact) mass is 275 g/mol. The first-order valence-electron chi connectivity index (χ1n) is 5.45. The van der Waals surface area contributed by atoms with E-state index in [0.717, 1.165) is 32.4 Å². The summed E-state index contributed by atoms with van der Waals surface area (Å²) < 4.78 is 61.8. The average molecular weight is 275 g/mol. The van der Waals surface area contributed by atoms with E-state index < -0.39 is 22.0 Å². The first kappa shape index (κ1) is 14.7. The fourth-order valence-electron chi connectivity index (χ4n) is 1.72. The van der Waals surface area contributed by atoms with E-state index in [1.165, 1.54) is 0 Å². The summed E-state index contributed by atoms with van der Waals surface area (Å²) in [5.74, 6) is -1.92. The zero-order valence-electron chi connectivity index (χ0n) is 9.37. The molecule has 0 aromatic heterocycles. The minimum absolute atomic E-state index is 0.210. The van der Waals surface area contributed by atoms with Gasteiger partial charge in [-0.05, 0) is 25.9 Å². The molecule has 0 saturated carbocycles. The van der Waals surface area contributed by atoms with Crippen LogP contribution in [-0.4, -0.2) is 51.5 Å². The summed E-state index contributed by atoms with van der Waals surface area (Å²) in [6, 6.07) is 0. The van der Waals surface area contributed by atoms with Crippen molar-refractivity contribution in [2.75, 3.05) is 32.0 Å². The summed E-state index contributed by atoms with van der Waals surface area (Å²) in [7, 11) is -4.49. The largest absolute Gasteiger partial charge is 0.405 e. The molecule has 0 atom stereocenters. The van der Waals surface area contributed by atoms with Crippen molar-refractivity contribution in [3.05, 3.63) is 0 Å². The zero-order valence-corrected chi connectivity index (χ0v) is 10.2. The maximum absolute atomic E-state index is 11.9. The van der Waals surface area contributed by atoms with Crippen molar-refractivity contribution in [2.24, 2.45) is 0 Å². The molecule has 0 bridgehead atoms. The van der Waals surface area contributed by atoms with Crippen LogP contribution in [0.2, 0.25) is 0 Å². The molecule has 8 heteroatoms. The summed E-state index contributed by atoms with van der Waals surface area (Å²) in [6.45, 7) is 1.85. The molecule has 17 heavy (non-hydrogen) atoms. The van der Waals surface area contributed by atoms with E-state index in [-0.39, 0.29) is 6.61 Å². The minimum atomic E-state index is -4.75. The first-order valence-corrected chi connectivity index (χ1v) is 7.02. The molecule has 1 fully saturated rings. The van der Waals surface area contributed by atoms with Crippen molar-refractivity contribution in [3.63, 3.8) is 0 Å². The number of nitrogens with zero attached hydrogens (tertiary/aromatic N) is 1. The van der Waals surface area contributed by atoms with Gasteiger partial charge in [-0.15, -0.1) is 0 Å². The topological polar surface area (TPSA) is 46.6 Å². The van der Waals surface area contributed by atoms with Crippen LogP contribution in [0.4, 0.5) is 13.2 Å². The summed E-state index contributed by atoms with van der Waals surface area (Å²) in [5, 5.41) is 0. The summed E-state index contributed by atoms with van der Waals surface area (Å²) >= 11 is 0. The SMILES string of the molecule is O=S(=O)(CC(F)(F)F)OCCN1CCCCC1. The number of hydrogen-bond donors (Lipinski definition) is 0. The van der Waals surface area contributed by atoms with E-state index in [1.807, 2.05) is 4.90 Å². The van der Waals surface area contributed by atoms with Gasteiger partial charge >= 0.3 is 6.18 Å². The molecule has 0 N–H and O–H groups in total. The third kappa shape index (κ3) is 6.85. The molecule has 1 saturated heterocycles. The van der Waals surface area contributed by atoms with Crippen molar-refractivity contribution in [2.45, 2.75) is 25.4 Å². The van der Waals surface area contributed by atoms with Gasteiger partial charge in [0.15, 0.2) is 5.75 Å². The zero-order chi connectivity index (χ0) is 12.9. The van der Waals surface area contributed by atoms with Crippen LogP contribution in [0.25, 0.3) is 0 Å². The fraction of sp³-hybridized carbons (Fsp3) is 1.00. The molecule has 102 valence electrons. The smallest absolute Gasteiger partial charge is 0.301 e. The lowest BCUT2D eigenvalue weighted by Crippen LogP contribution is -2.34. The highest BCUT2D eigenvalue weighted by Crippen LogP contribution is 2.18. The van der Waals surface area contributed by atoms with Gasteiger partial charge in [0, 0.05) is 6.54 Å². The molecule has 1 heterocycles. The van der Waals surface area contributed by atoms with E-state index in [4.69, 9.17) is 0 Å². The number of hydrogen-bond acceptors (Lipinski definition) is 4. The quantitative estimate of drug-likeness (QED) is 0.711. The highest BCUT2D eigenvalue weighted by Gasteiger charge is 2.35. The second-order valence-corrected chi connectivity index (χ2v) is 5.68. The first-order chi connectivity index (χ1) is 7.79. The Morgan fingerprint density at radius 3 is 2.24 bits per heavy atom. The lowest BCUT2D eigenvalue weighted by molar-refractivity contribution is -0.107. The molecule has 0 aromatic rings. The van der Waals surface area contributed by atoms with Gasteiger partial charge < -0.3 is 4.90 Å². The highest BCUT2D eigenvalue weighted by molar-refractivity contribution is 7.86. The molecule has 0 aliphatic carbocycles. The predicted molar refractivity (Wildman–Crippen MR) is 56.1 cm³/mol. The molecular formula is C9H16F3NO3S. The maximum atomic E-state index is 11.9. The lowest BCUT2D eigenvalue weighted by Gasteiger charge is -2.25. The number of halogens is 3. The highest BCUT2D eigenvalue weighted by atomic mass is 32.2. The van der Waals surface area contributed by atoms with Gasteiger partial charge in [-0.1, -0.05) is 6.42 Å². The van der Waals surface area contributed by atoms with Gasteiger partial charge in [0.2, 0.25) is 0 Å². The van der Waals surface area contributed by atoms with Crippen LogP contribution in [0.3, 0.4) is 0 Å². The number of likely N-dealkylation sites (tertiary alicyclic amines) is 1. The normalized spacial score (nSPS) is 19.5. The van der Waals surface area contributed by atoms with Crippen LogP contribution in [-0.2, 0) is 14.3 Å². The molecule has 4 nitrogen and oxygen atoms in total. The Bertz CT molecular complexity index is 323. The second kappa shape index (κ2) is 6.01. The van der Waals surface area contributed by atoms with Crippen molar-refractivity contribution in [3.8, 4) is 0 Å². The van der Waals surface area contributed by atoms with Crippen LogP contribution in [0.5, 0.6) is 0 Å². The van der Waals surface area contributed by atoms with Crippen LogP contribution >= 0.6 is 0 Å². The Morgan fingerprint density at radius 2 is 1.71 bits per heavy atom. The molecular weight excluding hydrogens is 259 g/mol. The van der Waals surface area contributed by atoms with E-state index in [9.17, 15) is 21.6 Å². The fourth-order valence-corrected chi connectivity index (χ4v) is 2.53. The van der Waals surface area contributed by atoms with Gasteiger partial charge in [0.1, 0.15) is 0 Å². The van der Waals surface area contributed by atoms with Crippen molar-refractivity contribution in [1.82, 2.24) is 4.90 Å². The Labute approximate surface area is 98.9 Å². The van der Waals surface area contributed by atoms with E-state index in [1.54, 1.807) is 0 Å². The molecule has 0 unspecified atom stereocenters. The third-order valence-electron chi connectivity index (χ3n) is 2.46. The van der Waals surface area contributed by atoms with E-state index in [0.29, 0.717) is 6.54 Å². The third-order valence-corrected chi connectivity index (χ3v) is 3.67. The van der Waals surface area contributed by atoms with E-state index >= 15 is 0 Å². The van der Waals surface area contributed by atoms with Crippen molar-refractivity contribution < 1.29 is 25.8 Å². The van der Waals surface area contributed by atoms with Gasteiger partial charge in [-0.2, -0.15) is 21.6 Å². The molecule has 1 aliphatic heterocycles. The van der Waals surface area contributed by atoms with Crippen molar-refractivity contribution >= 4 is 10.1 Å². The van der Waals surface area contributed by atoms with Crippen LogP contribution in [0.15, 0.2) is 0 Å². The van der Waals surface area contributed by atoms with Gasteiger partial charge in [0.05, 0.1) is 6.61 Å². The number of piperidine rings is 1. The molecule has 0 spiro atoms. The lowest BCUT2D eigenvalue weighted by atomic mass is 10.1. The predicted octanol–water partition coefficient (Wildman–Crippen LogP) is 1.38. The number of rotatable bonds is 5. The Morgan fingerprint density at radius 1 is 1.12 bits per heavy atom. The Kier molecular flexibility index (Phi) is 5.21. The molecule has 0 aromatic carbocycles. The summed E-state index contributed by atoms with van der Waals surface area (Å²) in [6.07, 6.45) is -1.53. The molecule has 1 aliphatic rings. The van der Waals surface area contributed by atoms with Gasteiger partial charge in [0.25, 0.3) is 10.1 Å². The minimum Gasteiger partial charge on any atom is -0.301 e. The van der Waals surface area contributed by atoms with Crippen LogP contribution in [0.1, 0.15) is 19.3 Å².